The summed E-state index contributed by atoms with van der Waals surface area (Å²) in [5, 5.41) is 2.89. The van der Waals surface area contributed by atoms with Gasteiger partial charge in [-0.25, -0.2) is 8.42 Å². The van der Waals surface area contributed by atoms with Crippen molar-refractivity contribution in [2.75, 3.05) is 17.4 Å². The van der Waals surface area contributed by atoms with Crippen LogP contribution in [0.4, 0.5) is 5.69 Å². The Morgan fingerprint density at radius 3 is 2.07 bits per heavy atom. The highest BCUT2D eigenvalue weighted by Gasteiger charge is 2.35. The number of likely N-dealkylation sites (N-methyl/N-ethyl adjacent to an activating group) is 1. The fraction of sp³-hybridized carbons (Fsp3) is 0.257. The number of hydrogen-bond acceptors (Lipinski definition) is 4. The number of carbonyl (C=O) groups excluding carboxylic acids is 2. The lowest BCUT2D eigenvalue weighted by Gasteiger charge is -2.34. The Morgan fingerprint density at radius 2 is 1.45 bits per heavy atom. The summed E-state index contributed by atoms with van der Waals surface area (Å²) in [6, 6.07) is 28.2. The number of anilines is 1. The van der Waals surface area contributed by atoms with E-state index >= 15 is 0 Å². The minimum absolute atomic E-state index is 0.0832. The first-order valence-corrected chi connectivity index (χ1v) is 16.7. The molecule has 0 aromatic heterocycles. The van der Waals surface area contributed by atoms with E-state index in [0.29, 0.717) is 12.2 Å². The van der Waals surface area contributed by atoms with Gasteiger partial charge in [0.15, 0.2) is 0 Å². The van der Waals surface area contributed by atoms with Crippen molar-refractivity contribution < 1.29 is 18.0 Å². The maximum atomic E-state index is 14.5. The average molecular weight is 677 g/mol. The third-order valence-corrected chi connectivity index (χ3v) is 9.70. The predicted octanol–water partition coefficient (Wildman–Crippen LogP) is 6.35. The zero-order valence-electron chi connectivity index (χ0n) is 25.5. The van der Waals surface area contributed by atoms with Crippen LogP contribution in [0.1, 0.15) is 34.7 Å². The molecule has 1 atom stereocenters. The number of carbonyl (C=O) groups is 2. The van der Waals surface area contributed by atoms with E-state index in [9.17, 15) is 18.0 Å². The highest BCUT2D eigenvalue weighted by atomic mass is 79.9. The van der Waals surface area contributed by atoms with Crippen LogP contribution < -0.4 is 9.62 Å². The van der Waals surface area contributed by atoms with Crippen molar-refractivity contribution in [3.8, 4) is 0 Å². The summed E-state index contributed by atoms with van der Waals surface area (Å²) in [7, 11) is -4.15. The lowest BCUT2D eigenvalue weighted by molar-refractivity contribution is -0.140. The summed E-state index contributed by atoms with van der Waals surface area (Å²) in [6.07, 6.45) is 0.267. The average Bonchev–Trinajstić information content (AvgIpc) is 2.99. The molecule has 1 N–H and O–H groups in total. The van der Waals surface area contributed by atoms with Gasteiger partial charge in [-0.15, -0.1) is 0 Å². The SMILES string of the molecule is CCNC(=O)[C@@H](Cc1ccccc1)N(Cc1ccc(Br)cc1)C(=O)CN(c1ccc(C)cc1C)S(=O)(=O)c1ccc(C)cc1. The number of benzene rings is 4. The molecule has 7 nitrogen and oxygen atoms in total. The third-order valence-electron chi connectivity index (χ3n) is 7.40. The van der Waals surface area contributed by atoms with Crippen molar-refractivity contribution in [3.05, 3.63) is 129 Å². The maximum Gasteiger partial charge on any atom is 0.264 e. The Hall–Kier alpha value is -3.95. The first-order chi connectivity index (χ1) is 21.0. The number of nitrogens with zero attached hydrogens (tertiary/aromatic N) is 2. The summed E-state index contributed by atoms with van der Waals surface area (Å²) < 4.78 is 30.5. The number of aryl methyl sites for hydroxylation is 3. The van der Waals surface area contributed by atoms with Crippen LogP contribution in [0, 0.1) is 20.8 Å². The monoisotopic (exact) mass is 675 g/mol. The molecule has 0 heterocycles. The second-order valence-corrected chi connectivity index (χ2v) is 13.6. The number of halogens is 1. The van der Waals surface area contributed by atoms with Gasteiger partial charge in [0.1, 0.15) is 12.6 Å². The van der Waals surface area contributed by atoms with Gasteiger partial charge >= 0.3 is 0 Å². The highest BCUT2D eigenvalue weighted by Crippen LogP contribution is 2.29. The molecular formula is C35H38BrN3O4S. The molecule has 4 aromatic carbocycles. The molecular weight excluding hydrogens is 638 g/mol. The van der Waals surface area contributed by atoms with Gasteiger partial charge in [-0.05, 0) is 74.7 Å². The lowest BCUT2D eigenvalue weighted by Crippen LogP contribution is -2.53. The normalized spacial score (nSPS) is 11.9. The number of nitrogens with one attached hydrogen (secondary N) is 1. The molecule has 230 valence electrons. The fourth-order valence-corrected chi connectivity index (χ4v) is 6.81. The molecule has 0 bridgehead atoms. The van der Waals surface area contributed by atoms with Crippen molar-refractivity contribution in [2.24, 2.45) is 0 Å². The van der Waals surface area contributed by atoms with Crippen LogP contribution in [0.2, 0.25) is 0 Å². The van der Waals surface area contributed by atoms with E-state index in [1.54, 1.807) is 30.3 Å². The molecule has 9 heteroatoms. The molecule has 0 aliphatic rings. The number of amides is 2. The summed E-state index contributed by atoms with van der Waals surface area (Å²) >= 11 is 3.46. The van der Waals surface area contributed by atoms with Crippen LogP contribution in [-0.2, 0) is 32.6 Å². The predicted molar refractivity (Wildman–Crippen MR) is 179 cm³/mol. The van der Waals surface area contributed by atoms with Gasteiger partial charge in [0, 0.05) is 24.0 Å². The second-order valence-electron chi connectivity index (χ2n) is 10.9. The minimum Gasteiger partial charge on any atom is -0.355 e. The van der Waals surface area contributed by atoms with Crippen LogP contribution >= 0.6 is 15.9 Å². The van der Waals surface area contributed by atoms with E-state index in [1.165, 1.54) is 9.21 Å². The van der Waals surface area contributed by atoms with Gasteiger partial charge in [-0.1, -0.05) is 93.8 Å². The molecule has 0 aliphatic carbocycles. The van der Waals surface area contributed by atoms with Crippen LogP contribution in [0.25, 0.3) is 0 Å². The molecule has 2 amide bonds. The van der Waals surface area contributed by atoms with E-state index < -0.39 is 28.5 Å². The zero-order chi connectivity index (χ0) is 31.9. The Morgan fingerprint density at radius 1 is 0.818 bits per heavy atom. The van der Waals surface area contributed by atoms with E-state index in [4.69, 9.17) is 0 Å². The van der Waals surface area contributed by atoms with Gasteiger partial charge in [0.2, 0.25) is 11.8 Å². The Kier molecular flexibility index (Phi) is 11.0. The van der Waals surface area contributed by atoms with Crippen molar-refractivity contribution in [2.45, 2.75) is 51.6 Å². The summed E-state index contributed by atoms with van der Waals surface area (Å²) in [4.78, 5) is 29.7. The quantitative estimate of drug-likeness (QED) is 0.190. The Balaban J connectivity index is 1.81. The van der Waals surface area contributed by atoms with Crippen LogP contribution in [-0.4, -0.2) is 44.3 Å². The lowest BCUT2D eigenvalue weighted by atomic mass is 10.0. The van der Waals surface area contributed by atoms with E-state index in [2.05, 4.69) is 21.2 Å². The first kappa shape index (κ1) is 33.0. The van der Waals surface area contributed by atoms with Gasteiger partial charge in [-0.2, -0.15) is 0 Å². The van der Waals surface area contributed by atoms with E-state index in [1.807, 2.05) is 94.4 Å². The Labute approximate surface area is 269 Å². The standard InChI is InChI=1S/C35H38BrN3O4S/c1-5-37-35(41)33(22-28-9-7-6-8-10-28)38(23-29-14-16-30(36)17-15-29)34(40)24-39(32-20-13-26(3)21-27(32)4)44(42,43)31-18-11-25(2)12-19-31/h6-21,33H,5,22-24H2,1-4H3,(H,37,41)/t33-/m1/s1. The minimum atomic E-state index is -4.15. The third kappa shape index (κ3) is 8.15. The Bertz CT molecular complexity index is 1690. The zero-order valence-corrected chi connectivity index (χ0v) is 27.9. The molecule has 4 rings (SSSR count). The number of hydrogen-bond donors (Lipinski definition) is 1. The van der Waals surface area contributed by atoms with Gasteiger partial charge < -0.3 is 10.2 Å². The molecule has 0 saturated heterocycles. The molecule has 0 aliphatic heterocycles. The summed E-state index contributed by atoms with van der Waals surface area (Å²) in [5.41, 5.74) is 4.72. The van der Waals surface area contributed by atoms with Gasteiger partial charge in [0.05, 0.1) is 10.6 Å². The molecule has 0 unspecified atom stereocenters. The fourth-order valence-electron chi connectivity index (χ4n) is 5.07. The van der Waals surface area contributed by atoms with Crippen LogP contribution in [0.15, 0.2) is 106 Å². The first-order valence-electron chi connectivity index (χ1n) is 14.5. The van der Waals surface area contributed by atoms with Gasteiger partial charge in [-0.3, -0.25) is 13.9 Å². The molecule has 44 heavy (non-hydrogen) atoms. The molecule has 4 aromatic rings. The van der Waals surface area contributed by atoms with Crippen LogP contribution in [0.5, 0.6) is 0 Å². The van der Waals surface area contributed by atoms with E-state index in [0.717, 1.165) is 32.3 Å². The van der Waals surface area contributed by atoms with E-state index in [-0.39, 0.29) is 23.8 Å². The highest BCUT2D eigenvalue weighted by molar-refractivity contribution is 9.10. The van der Waals surface area contributed by atoms with Crippen molar-refractivity contribution in [1.82, 2.24) is 10.2 Å². The summed E-state index contributed by atoms with van der Waals surface area (Å²) in [5.74, 6) is -0.794. The van der Waals surface area contributed by atoms with Crippen LogP contribution in [0.3, 0.4) is 0 Å². The van der Waals surface area contributed by atoms with Crippen molar-refractivity contribution in [1.29, 1.82) is 0 Å². The molecule has 0 fully saturated rings. The second kappa shape index (κ2) is 14.7. The number of sulfonamides is 1. The molecule has 0 spiro atoms. The maximum absolute atomic E-state index is 14.5. The number of rotatable bonds is 12. The van der Waals surface area contributed by atoms with Gasteiger partial charge in [0.25, 0.3) is 10.0 Å². The smallest absolute Gasteiger partial charge is 0.264 e. The largest absolute Gasteiger partial charge is 0.355 e. The van der Waals surface area contributed by atoms with Crippen molar-refractivity contribution in [3.63, 3.8) is 0 Å². The topological polar surface area (TPSA) is 86.8 Å². The van der Waals surface area contributed by atoms with Crippen molar-refractivity contribution >= 4 is 43.5 Å². The molecule has 0 radical (unpaired) electrons. The molecule has 0 saturated carbocycles. The summed E-state index contributed by atoms with van der Waals surface area (Å²) in [6.45, 7) is 7.50.